The highest BCUT2D eigenvalue weighted by atomic mass is 35.5. The van der Waals surface area contributed by atoms with E-state index in [-0.39, 0.29) is 11.7 Å². The van der Waals surface area contributed by atoms with Crippen LogP contribution in [-0.4, -0.2) is 30.1 Å². The molecule has 148 valence electrons. The van der Waals surface area contributed by atoms with E-state index in [4.69, 9.17) is 33.3 Å². The van der Waals surface area contributed by atoms with Crippen LogP contribution >= 0.6 is 23.8 Å². The van der Waals surface area contributed by atoms with Crippen molar-refractivity contribution < 1.29 is 19.1 Å². The maximum atomic E-state index is 12.4. The van der Waals surface area contributed by atoms with Crippen LogP contribution < -0.4 is 25.6 Å². The normalized spacial score (nSPS) is 9.93. The van der Waals surface area contributed by atoms with E-state index in [1.807, 2.05) is 6.92 Å². The average Bonchev–Trinajstić information content (AvgIpc) is 2.70. The number of ether oxygens (including phenoxy) is 2. The maximum absolute atomic E-state index is 12.4. The highest BCUT2D eigenvalue weighted by Crippen LogP contribution is 2.18. The average molecular weight is 422 g/mol. The number of hydrogen-bond donors (Lipinski definition) is 3. The summed E-state index contributed by atoms with van der Waals surface area (Å²) in [7, 11) is 0. The molecule has 0 atom stereocenters. The van der Waals surface area contributed by atoms with Crippen molar-refractivity contribution in [1.29, 1.82) is 0 Å². The molecule has 0 saturated heterocycles. The van der Waals surface area contributed by atoms with E-state index in [2.05, 4.69) is 16.2 Å². The Bertz CT molecular complexity index is 830. The van der Waals surface area contributed by atoms with Crippen LogP contribution in [0.3, 0.4) is 0 Å². The van der Waals surface area contributed by atoms with Crippen LogP contribution in [0.5, 0.6) is 11.5 Å². The predicted molar refractivity (Wildman–Crippen MR) is 111 cm³/mol. The summed E-state index contributed by atoms with van der Waals surface area (Å²) in [5, 5.41) is 2.99. The van der Waals surface area contributed by atoms with Gasteiger partial charge in [-0.25, -0.2) is 0 Å². The maximum Gasteiger partial charge on any atom is 0.276 e. The molecule has 0 fully saturated rings. The Hall–Kier alpha value is -2.84. The van der Waals surface area contributed by atoms with Crippen LogP contribution in [0.4, 0.5) is 0 Å². The summed E-state index contributed by atoms with van der Waals surface area (Å²) in [5.74, 6) is 0.0401. The van der Waals surface area contributed by atoms with Gasteiger partial charge in [0.05, 0.1) is 12.2 Å². The van der Waals surface area contributed by atoms with Gasteiger partial charge < -0.3 is 9.47 Å². The monoisotopic (exact) mass is 421 g/mol. The Kier molecular flexibility index (Phi) is 8.51. The lowest BCUT2D eigenvalue weighted by Crippen LogP contribution is -2.49. The molecule has 0 aliphatic rings. The molecule has 2 aromatic carbocycles. The minimum absolute atomic E-state index is 0.0601. The Morgan fingerprint density at radius 2 is 1.75 bits per heavy atom. The second-order valence-electron chi connectivity index (χ2n) is 5.54. The molecule has 0 heterocycles. The number of hydrazine groups is 1. The molecule has 0 unspecified atom stereocenters. The summed E-state index contributed by atoms with van der Waals surface area (Å²) >= 11 is 10.8. The summed E-state index contributed by atoms with van der Waals surface area (Å²) in [4.78, 5) is 24.2. The lowest BCUT2D eigenvalue weighted by Gasteiger charge is -2.13. The molecule has 0 aromatic heterocycles. The van der Waals surface area contributed by atoms with Gasteiger partial charge in [-0.05, 0) is 55.0 Å². The smallest absolute Gasteiger partial charge is 0.276 e. The fraction of sp³-hybridized carbons (Fsp3) is 0.211. The molecular formula is C19H20ClN3O4S. The largest absolute Gasteiger partial charge is 0.493 e. The molecule has 2 amide bonds. The quantitative estimate of drug-likeness (QED) is 0.470. The zero-order valence-electron chi connectivity index (χ0n) is 15.2. The van der Waals surface area contributed by atoms with Gasteiger partial charge in [-0.1, -0.05) is 30.7 Å². The summed E-state index contributed by atoms with van der Waals surface area (Å²) in [6.45, 7) is 2.23. The van der Waals surface area contributed by atoms with Crippen molar-refractivity contribution >= 4 is 40.7 Å². The number of nitrogens with one attached hydrogen (secondary N) is 3. The Morgan fingerprint density at radius 3 is 2.46 bits per heavy atom. The van der Waals surface area contributed by atoms with Crippen LogP contribution in [0.1, 0.15) is 23.7 Å². The second-order valence-corrected chi connectivity index (χ2v) is 6.39. The van der Waals surface area contributed by atoms with Gasteiger partial charge in [0.1, 0.15) is 11.5 Å². The number of benzene rings is 2. The second kappa shape index (κ2) is 11.1. The highest BCUT2D eigenvalue weighted by molar-refractivity contribution is 7.80. The van der Waals surface area contributed by atoms with E-state index in [9.17, 15) is 9.59 Å². The third-order valence-corrected chi connectivity index (χ3v) is 3.78. The van der Waals surface area contributed by atoms with E-state index in [0.717, 1.165) is 6.42 Å². The van der Waals surface area contributed by atoms with Gasteiger partial charge in [-0.2, -0.15) is 0 Å². The third kappa shape index (κ3) is 7.05. The van der Waals surface area contributed by atoms with Crippen LogP contribution in [0.15, 0.2) is 48.5 Å². The number of halogens is 1. The molecule has 0 bridgehead atoms. The van der Waals surface area contributed by atoms with Crippen molar-refractivity contribution in [3.63, 3.8) is 0 Å². The van der Waals surface area contributed by atoms with Crippen molar-refractivity contribution in [2.24, 2.45) is 0 Å². The van der Waals surface area contributed by atoms with Gasteiger partial charge in [-0.3, -0.25) is 25.8 Å². The molecule has 28 heavy (non-hydrogen) atoms. The topological polar surface area (TPSA) is 88.7 Å². The molecule has 2 rings (SSSR count). The van der Waals surface area contributed by atoms with Crippen molar-refractivity contribution in [1.82, 2.24) is 16.2 Å². The number of amides is 2. The highest BCUT2D eigenvalue weighted by Gasteiger charge is 2.13. The van der Waals surface area contributed by atoms with E-state index in [1.165, 1.54) is 0 Å². The van der Waals surface area contributed by atoms with Crippen molar-refractivity contribution in [3.8, 4) is 11.5 Å². The minimum atomic E-state index is -0.474. The Morgan fingerprint density at radius 1 is 1.04 bits per heavy atom. The lowest BCUT2D eigenvalue weighted by molar-refractivity contribution is -0.123. The summed E-state index contributed by atoms with van der Waals surface area (Å²) < 4.78 is 10.9. The first-order valence-corrected chi connectivity index (χ1v) is 9.28. The number of para-hydroxylation sites is 1. The van der Waals surface area contributed by atoms with Crippen LogP contribution in [0.2, 0.25) is 5.02 Å². The molecule has 3 N–H and O–H groups in total. The molecule has 7 nitrogen and oxygen atoms in total. The standard InChI is InChI=1S/C19H20ClN3O4S/c1-2-11-26-16-6-4-3-5-15(16)18(25)21-19(28)23-22-17(24)12-27-14-9-7-13(20)8-10-14/h3-10H,2,11-12H2,1H3,(H,22,24)(H2,21,23,25,28). The molecule has 2 aromatic rings. The van der Waals surface area contributed by atoms with E-state index >= 15 is 0 Å². The molecule has 0 spiro atoms. The fourth-order valence-corrected chi connectivity index (χ4v) is 2.31. The number of rotatable bonds is 7. The predicted octanol–water partition coefficient (Wildman–Crippen LogP) is 2.84. The van der Waals surface area contributed by atoms with E-state index < -0.39 is 11.8 Å². The Labute approximate surface area is 173 Å². The van der Waals surface area contributed by atoms with Crippen molar-refractivity contribution in [3.05, 3.63) is 59.1 Å². The molecular weight excluding hydrogens is 402 g/mol. The van der Waals surface area contributed by atoms with Gasteiger partial charge in [-0.15, -0.1) is 0 Å². The summed E-state index contributed by atoms with van der Waals surface area (Å²) in [6.07, 6.45) is 0.819. The Balaban J connectivity index is 1.78. The number of thiocarbonyl (C=S) groups is 1. The number of carbonyl (C=O) groups is 2. The zero-order chi connectivity index (χ0) is 20.4. The van der Waals surface area contributed by atoms with E-state index in [1.54, 1.807) is 48.5 Å². The third-order valence-electron chi connectivity index (χ3n) is 3.32. The first kappa shape index (κ1) is 21.5. The summed E-state index contributed by atoms with van der Waals surface area (Å²) in [5.41, 5.74) is 5.14. The summed E-state index contributed by atoms with van der Waals surface area (Å²) in [6, 6.07) is 13.4. The zero-order valence-corrected chi connectivity index (χ0v) is 16.7. The van der Waals surface area contributed by atoms with E-state index in [0.29, 0.717) is 28.7 Å². The van der Waals surface area contributed by atoms with Crippen LogP contribution in [-0.2, 0) is 4.79 Å². The van der Waals surface area contributed by atoms with Gasteiger partial charge >= 0.3 is 0 Å². The SMILES string of the molecule is CCCOc1ccccc1C(=O)NC(=S)NNC(=O)COc1ccc(Cl)cc1. The van der Waals surface area contributed by atoms with Gasteiger partial charge in [0.2, 0.25) is 0 Å². The van der Waals surface area contributed by atoms with Crippen molar-refractivity contribution in [2.75, 3.05) is 13.2 Å². The van der Waals surface area contributed by atoms with Gasteiger partial charge in [0.25, 0.3) is 11.8 Å². The lowest BCUT2D eigenvalue weighted by atomic mass is 10.2. The molecule has 0 saturated carbocycles. The number of hydrogen-bond acceptors (Lipinski definition) is 5. The van der Waals surface area contributed by atoms with Gasteiger partial charge in [0.15, 0.2) is 11.7 Å². The molecule has 0 aliphatic carbocycles. The van der Waals surface area contributed by atoms with Crippen LogP contribution in [0.25, 0.3) is 0 Å². The first-order valence-electron chi connectivity index (χ1n) is 8.50. The molecule has 0 radical (unpaired) electrons. The van der Waals surface area contributed by atoms with Gasteiger partial charge in [0, 0.05) is 5.02 Å². The fourth-order valence-electron chi connectivity index (χ4n) is 2.04. The molecule has 0 aliphatic heterocycles. The molecule has 9 heteroatoms. The minimum Gasteiger partial charge on any atom is -0.493 e. The van der Waals surface area contributed by atoms with Crippen molar-refractivity contribution in [2.45, 2.75) is 13.3 Å². The first-order chi connectivity index (χ1) is 13.5. The number of carbonyl (C=O) groups excluding carboxylic acids is 2. The van der Waals surface area contributed by atoms with Crippen LogP contribution in [0, 0.1) is 0 Å².